The van der Waals surface area contributed by atoms with Gasteiger partial charge in [0.25, 0.3) is 0 Å². The van der Waals surface area contributed by atoms with Gasteiger partial charge in [-0.25, -0.2) is 8.42 Å². The molecule has 6 nitrogen and oxygen atoms in total. The fraction of sp³-hybridized carbons (Fsp3) is 0.107. The third-order valence-corrected chi connectivity index (χ3v) is 7.70. The van der Waals surface area contributed by atoms with E-state index in [1.54, 1.807) is 48.5 Å². The number of aryl methyl sites for hydroxylation is 1. The second kappa shape index (κ2) is 11.5. The molecular formula is C28H25BrN2O4S. The lowest BCUT2D eigenvalue weighted by Gasteiger charge is -2.22. The van der Waals surface area contributed by atoms with Gasteiger partial charge in [0, 0.05) is 16.7 Å². The van der Waals surface area contributed by atoms with E-state index < -0.39 is 15.9 Å². The van der Waals surface area contributed by atoms with Gasteiger partial charge < -0.3 is 10.1 Å². The van der Waals surface area contributed by atoms with Crippen LogP contribution >= 0.6 is 15.9 Å². The third kappa shape index (κ3) is 6.81. The summed E-state index contributed by atoms with van der Waals surface area (Å²) in [4.78, 5) is 13.1. The number of rotatable bonds is 9. The molecule has 0 fully saturated rings. The van der Waals surface area contributed by atoms with Gasteiger partial charge in [-0.3, -0.25) is 4.79 Å². The van der Waals surface area contributed by atoms with Gasteiger partial charge in [0.2, 0.25) is 15.9 Å². The number of anilines is 1. The summed E-state index contributed by atoms with van der Waals surface area (Å²) in [5.74, 6) is 0.886. The van der Waals surface area contributed by atoms with Crippen molar-refractivity contribution >= 4 is 37.5 Å². The van der Waals surface area contributed by atoms with Gasteiger partial charge in [-0.2, -0.15) is 4.31 Å². The molecule has 0 radical (unpaired) electrons. The zero-order chi connectivity index (χ0) is 25.5. The Balaban J connectivity index is 1.49. The maximum absolute atomic E-state index is 13.4. The van der Waals surface area contributed by atoms with Gasteiger partial charge in [-0.05, 0) is 73.2 Å². The molecule has 4 aromatic carbocycles. The molecule has 0 saturated carbocycles. The van der Waals surface area contributed by atoms with Gasteiger partial charge in [-0.15, -0.1) is 0 Å². The SMILES string of the molecule is Cc1ccc(S(=O)(=O)N(CC(=O)Nc2ccc(Oc3ccccc3)cc2)Cc2ccc(Br)cc2)cc1. The van der Waals surface area contributed by atoms with Crippen LogP contribution in [-0.2, 0) is 21.4 Å². The zero-order valence-electron chi connectivity index (χ0n) is 19.6. The molecule has 0 heterocycles. The molecule has 0 bridgehead atoms. The monoisotopic (exact) mass is 564 g/mol. The van der Waals surface area contributed by atoms with Crippen LogP contribution < -0.4 is 10.1 Å². The number of benzene rings is 4. The molecule has 184 valence electrons. The van der Waals surface area contributed by atoms with Crippen molar-refractivity contribution in [3.05, 3.63) is 119 Å². The van der Waals surface area contributed by atoms with Crippen molar-refractivity contribution in [3.8, 4) is 11.5 Å². The number of nitrogens with zero attached hydrogens (tertiary/aromatic N) is 1. The molecule has 0 unspecified atom stereocenters. The van der Waals surface area contributed by atoms with Crippen LogP contribution in [-0.4, -0.2) is 25.2 Å². The van der Waals surface area contributed by atoms with E-state index in [1.165, 1.54) is 4.31 Å². The van der Waals surface area contributed by atoms with Crippen LogP contribution in [0.3, 0.4) is 0 Å². The summed E-state index contributed by atoms with van der Waals surface area (Å²) in [7, 11) is -3.91. The summed E-state index contributed by atoms with van der Waals surface area (Å²) in [6, 6.07) is 30.2. The molecule has 0 atom stereocenters. The van der Waals surface area contributed by atoms with E-state index in [9.17, 15) is 13.2 Å². The minimum atomic E-state index is -3.91. The number of carbonyl (C=O) groups is 1. The highest BCUT2D eigenvalue weighted by Gasteiger charge is 2.27. The highest BCUT2D eigenvalue weighted by atomic mass is 79.9. The van der Waals surface area contributed by atoms with Gasteiger partial charge in [0.1, 0.15) is 11.5 Å². The average molecular weight is 565 g/mol. The Kier molecular flexibility index (Phi) is 8.20. The first-order chi connectivity index (χ1) is 17.3. The van der Waals surface area contributed by atoms with Gasteiger partial charge in [0.05, 0.1) is 11.4 Å². The topological polar surface area (TPSA) is 75.7 Å². The lowest BCUT2D eigenvalue weighted by atomic mass is 10.2. The van der Waals surface area contributed by atoms with Crippen molar-refractivity contribution < 1.29 is 17.9 Å². The summed E-state index contributed by atoms with van der Waals surface area (Å²) >= 11 is 3.39. The lowest BCUT2D eigenvalue weighted by molar-refractivity contribution is -0.116. The van der Waals surface area contributed by atoms with Gasteiger partial charge in [0.15, 0.2) is 0 Å². The van der Waals surface area contributed by atoms with Crippen LogP contribution in [0, 0.1) is 6.92 Å². The number of ether oxygens (including phenoxy) is 1. The Morgan fingerprint density at radius 2 is 1.44 bits per heavy atom. The summed E-state index contributed by atoms with van der Waals surface area (Å²) in [6.07, 6.45) is 0. The second-order valence-electron chi connectivity index (χ2n) is 8.20. The van der Waals surface area contributed by atoms with E-state index in [1.807, 2.05) is 61.5 Å². The number of hydrogen-bond acceptors (Lipinski definition) is 4. The van der Waals surface area contributed by atoms with Gasteiger partial charge in [-0.1, -0.05) is 64.0 Å². The molecule has 0 spiro atoms. The molecular weight excluding hydrogens is 540 g/mol. The van der Waals surface area contributed by atoms with E-state index in [4.69, 9.17) is 4.74 Å². The Morgan fingerprint density at radius 3 is 2.08 bits per heavy atom. The van der Waals surface area contributed by atoms with Gasteiger partial charge >= 0.3 is 0 Å². The van der Waals surface area contributed by atoms with Crippen molar-refractivity contribution in [1.29, 1.82) is 0 Å². The molecule has 4 rings (SSSR count). The average Bonchev–Trinajstić information content (AvgIpc) is 2.87. The minimum Gasteiger partial charge on any atom is -0.457 e. The Morgan fingerprint density at radius 1 is 0.833 bits per heavy atom. The van der Waals surface area contributed by atoms with Crippen molar-refractivity contribution in [2.75, 3.05) is 11.9 Å². The largest absolute Gasteiger partial charge is 0.457 e. The third-order valence-electron chi connectivity index (χ3n) is 5.37. The number of hydrogen-bond donors (Lipinski definition) is 1. The number of sulfonamides is 1. The fourth-order valence-electron chi connectivity index (χ4n) is 3.47. The molecule has 36 heavy (non-hydrogen) atoms. The molecule has 0 aliphatic rings. The molecule has 1 amide bonds. The van der Waals surface area contributed by atoms with Crippen LogP contribution in [0.5, 0.6) is 11.5 Å². The predicted octanol–water partition coefficient (Wildman–Crippen LogP) is 6.38. The second-order valence-corrected chi connectivity index (χ2v) is 11.1. The summed E-state index contributed by atoms with van der Waals surface area (Å²) in [5, 5.41) is 2.78. The van der Waals surface area contributed by atoms with Crippen molar-refractivity contribution in [2.24, 2.45) is 0 Å². The molecule has 0 aliphatic carbocycles. The standard InChI is InChI=1S/C28H25BrN2O4S/c1-21-7-17-27(18-8-21)36(33,34)31(19-22-9-11-23(29)12-10-22)20-28(32)30-24-13-15-26(16-14-24)35-25-5-3-2-4-6-25/h2-18H,19-20H2,1H3,(H,30,32). The van der Waals surface area contributed by atoms with Crippen LogP contribution in [0.15, 0.2) is 112 Å². The maximum atomic E-state index is 13.4. The first kappa shape index (κ1) is 25.6. The van der Waals surface area contributed by atoms with E-state index in [0.29, 0.717) is 17.2 Å². The Labute approximate surface area is 219 Å². The highest BCUT2D eigenvalue weighted by Crippen LogP contribution is 2.24. The first-order valence-electron chi connectivity index (χ1n) is 11.2. The van der Waals surface area contributed by atoms with E-state index in [2.05, 4.69) is 21.2 Å². The number of nitrogens with one attached hydrogen (secondary N) is 1. The van der Waals surface area contributed by atoms with Crippen molar-refractivity contribution in [3.63, 3.8) is 0 Å². The van der Waals surface area contributed by atoms with E-state index in [0.717, 1.165) is 15.6 Å². The normalized spacial score (nSPS) is 11.3. The molecule has 1 N–H and O–H groups in total. The van der Waals surface area contributed by atoms with Crippen LogP contribution in [0.1, 0.15) is 11.1 Å². The summed E-state index contributed by atoms with van der Waals surface area (Å²) < 4.78 is 34.7. The number of para-hydroxylation sites is 1. The minimum absolute atomic E-state index is 0.0563. The highest BCUT2D eigenvalue weighted by molar-refractivity contribution is 9.10. The smallest absolute Gasteiger partial charge is 0.243 e. The molecule has 4 aromatic rings. The van der Waals surface area contributed by atoms with Crippen LogP contribution in [0.4, 0.5) is 5.69 Å². The predicted molar refractivity (Wildman–Crippen MR) is 145 cm³/mol. The molecule has 8 heteroatoms. The summed E-state index contributed by atoms with van der Waals surface area (Å²) in [5.41, 5.74) is 2.26. The number of halogens is 1. The Bertz CT molecular complexity index is 1410. The van der Waals surface area contributed by atoms with Crippen LogP contribution in [0.25, 0.3) is 0 Å². The molecule has 0 aromatic heterocycles. The Hall–Kier alpha value is -3.46. The quantitative estimate of drug-likeness (QED) is 0.256. The lowest BCUT2D eigenvalue weighted by Crippen LogP contribution is -2.37. The fourth-order valence-corrected chi connectivity index (χ4v) is 5.12. The summed E-state index contributed by atoms with van der Waals surface area (Å²) in [6.45, 7) is 1.61. The first-order valence-corrected chi connectivity index (χ1v) is 13.5. The van der Waals surface area contributed by atoms with Crippen molar-refractivity contribution in [1.82, 2.24) is 4.31 Å². The van der Waals surface area contributed by atoms with E-state index in [-0.39, 0.29) is 18.0 Å². The zero-order valence-corrected chi connectivity index (χ0v) is 22.0. The van der Waals surface area contributed by atoms with Crippen molar-refractivity contribution in [2.45, 2.75) is 18.4 Å². The molecule has 0 saturated heterocycles. The maximum Gasteiger partial charge on any atom is 0.243 e. The number of carbonyl (C=O) groups excluding carboxylic acids is 1. The number of amides is 1. The van der Waals surface area contributed by atoms with Crippen LogP contribution in [0.2, 0.25) is 0 Å². The molecule has 0 aliphatic heterocycles. The van der Waals surface area contributed by atoms with E-state index >= 15 is 0 Å².